The van der Waals surface area contributed by atoms with Crippen molar-refractivity contribution in [1.29, 1.82) is 0 Å². The maximum atomic E-state index is 12.8. The molecule has 0 unspecified atom stereocenters. The second-order valence-corrected chi connectivity index (χ2v) is 6.81. The minimum atomic E-state index is -0.847. The highest BCUT2D eigenvalue weighted by Gasteiger charge is 2.40. The topological polar surface area (TPSA) is 90.5 Å². The van der Waals surface area contributed by atoms with Gasteiger partial charge in [0.2, 0.25) is 11.8 Å². The molecular formula is C18H24N4O3. The lowest BCUT2D eigenvalue weighted by Crippen LogP contribution is -2.59. The maximum absolute atomic E-state index is 12.8. The minimum Gasteiger partial charge on any atom is -0.364 e. The monoisotopic (exact) mass is 344 g/mol. The van der Waals surface area contributed by atoms with E-state index in [1.54, 1.807) is 19.2 Å². The van der Waals surface area contributed by atoms with Crippen molar-refractivity contribution < 1.29 is 14.4 Å². The third-order valence-corrected chi connectivity index (χ3v) is 5.05. The number of carbonyl (C=O) groups excluding carboxylic acids is 3. The van der Waals surface area contributed by atoms with Gasteiger partial charge in [0.15, 0.2) is 0 Å². The van der Waals surface area contributed by atoms with Crippen LogP contribution in [-0.2, 0) is 9.59 Å². The first-order valence-electron chi connectivity index (χ1n) is 8.65. The summed E-state index contributed by atoms with van der Waals surface area (Å²) < 4.78 is 0. The summed E-state index contributed by atoms with van der Waals surface area (Å²) >= 11 is 0. The van der Waals surface area contributed by atoms with E-state index in [1.807, 2.05) is 18.0 Å². The lowest BCUT2D eigenvalue weighted by atomic mass is 9.80. The Morgan fingerprint density at radius 2 is 1.92 bits per heavy atom. The van der Waals surface area contributed by atoms with E-state index in [0.29, 0.717) is 30.6 Å². The predicted octanol–water partition coefficient (Wildman–Crippen LogP) is 1.25. The van der Waals surface area contributed by atoms with Crippen LogP contribution in [0.2, 0.25) is 0 Å². The molecule has 0 bridgehead atoms. The number of hydrogen-bond donors (Lipinski definition) is 3. The third-order valence-electron chi connectivity index (χ3n) is 5.05. The highest BCUT2D eigenvalue weighted by Crippen LogP contribution is 2.31. The van der Waals surface area contributed by atoms with Gasteiger partial charge in [0.05, 0.1) is 17.9 Å². The predicted molar refractivity (Wildman–Crippen MR) is 95.7 cm³/mol. The van der Waals surface area contributed by atoms with Gasteiger partial charge in [0.1, 0.15) is 5.54 Å². The summed E-state index contributed by atoms with van der Waals surface area (Å²) in [5.74, 6) is -0.552. The molecule has 1 aliphatic carbocycles. The molecule has 3 N–H and O–H groups in total. The Hall–Kier alpha value is -2.57. The average molecular weight is 344 g/mol. The number of nitrogens with zero attached hydrogens (tertiary/aromatic N) is 1. The zero-order valence-electron chi connectivity index (χ0n) is 14.6. The molecule has 1 aromatic rings. The second-order valence-electron chi connectivity index (χ2n) is 6.81. The van der Waals surface area contributed by atoms with Crippen LogP contribution >= 0.6 is 0 Å². The molecule has 1 saturated carbocycles. The Kier molecular flexibility index (Phi) is 4.65. The largest absolute Gasteiger partial charge is 0.364 e. The molecule has 1 heterocycles. The molecule has 0 spiro atoms. The first kappa shape index (κ1) is 17.3. The number of anilines is 2. The normalized spacial score (nSPS) is 18.8. The van der Waals surface area contributed by atoms with Crippen molar-refractivity contribution >= 4 is 29.1 Å². The molecule has 7 nitrogen and oxygen atoms in total. The van der Waals surface area contributed by atoms with Crippen LogP contribution in [0.3, 0.4) is 0 Å². The number of amides is 3. The van der Waals surface area contributed by atoms with Gasteiger partial charge in [0, 0.05) is 19.7 Å². The molecule has 0 saturated heterocycles. The van der Waals surface area contributed by atoms with Crippen molar-refractivity contribution in [3.63, 3.8) is 0 Å². The van der Waals surface area contributed by atoms with Gasteiger partial charge < -0.3 is 20.9 Å². The van der Waals surface area contributed by atoms with E-state index in [4.69, 9.17) is 0 Å². The second kappa shape index (κ2) is 6.74. The van der Waals surface area contributed by atoms with Crippen LogP contribution in [0.25, 0.3) is 0 Å². The Balaban J connectivity index is 1.84. The summed E-state index contributed by atoms with van der Waals surface area (Å²) in [4.78, 5) is 38.7. The van der Waals surface area contributed by atoms with Crippen molar-refractivity contribution in [2.45, 2.75) is 37.6 Å². The van der Waals surface area contributed by atoms with Gasteiger partial charge in [-0.1, -0.05) is 19.3 Å². The fourth-order valence-electron chi connectivity index (χ4n) is 3.69. The number of likely N-dealkylation sites (N-methyl/N-ethyl adjacent to an activating group) is 2. The summed E-state index contributed by atoms with van der Waals surface area (Å²) in [6.45, 7) is 0.290. The molecule has 2 aliphatic rings. The fourth-order valence-corrected chi connectivity index (χ4v) is 3.69. The Bertz CT molecular complexity index is 710. The van der Waals surface area contributed by atoms with Gasteiger partial charge in [-0.3, -0.25) is 14.4 Å². The molecule has 0 radical (unpaired) electrons. The van der Waals surface area contributed by atoms with Gasteiger partial charge in [0.25, 0.3) is 5.91 Å². The first-order valence-corrected chi connectivity index (χ1v) is 8.65. The smallest absolute Gasteiger partial charge is 0.252 e. The molecule has 1 aromatic carbocycles. The van der Waals surface area contributed by atoms with E-state index in [0.717, 1.165) is 24.9 Å². The zero-order valence-corrected chi connectivity index (χ0v) is 14.6. The fraction of sp³-hybridized carbons (Fsp3) is 0.500. The van der Waals surface area contributed by atoms with Crippen molar-refractivity contribution in [3.8, 4) is 0 Å². The Morgan fingerprint density at radius 1 is 1.20 bits per heavy atom. The van der Waals surface area contributed by atoms with E-state index in [1.165, 1.54) is 0 Å². The molecular weight excluding hydrogens is 320 g/mol. The first-order chi connectivity index (χ1) is 11.9. The molecule has 0 aromatic heterocycles. The van der Waals surface area contributed by atoms with Gasteiger partial charge in [-0.25, -0.2) is 0 Å². The zero-order chi connectivity index (χ0) is 18.0. The van der Waals surface area contributed by atoms with Crippen LogP contribution in [0.1, 0.15) is 42.5 Å². The SMILES string of the molecule is CNC(=O)C1(NC(=O)c2ccc3c(c2)NC(=O)CN3C)CCCCC1. The average Bonchev–Trinajstić information content (AvgIpc) is 2.61. The third kappa shape index (κ3) is 3.31. The van der Waals surface area contributed by atoms with E-state index >= 15 is 0 Å². The number of carbonyl (C=O) groups is 3. The van der Waals surface area contributed by atoms with Crippen LogP contribution in [0.4, 0.5) is 11.4 Å². The van der Waals surface area contributed by atoms with Gasteiger partial charge in [-0.15, -0.1) is 0 Å². The summed E-state index contributed by atoms with van der Waals surface area (Å²) in [6, 6.07) is 5.21. The summed E-state index contributed by atoms with van der Waals surface area (Å²) in [5.41, 5.74) is 1.07. The summed E-state index contributed by atoms with van der Waals surface area (Å²) in [6.07, 6.45) is 4.19. The number of fused-ring (bicyclic) bond motifs is 1. The highest BCUT2D eigenvalue weighted by molar-refractivity contribution is 6.05. The number of rotatable bonds is 3. The molecule has 1 fully saturated rings. The van der Waals surface area contributed by atoms with E-state index in [2.05, 4.69) is 16.0 Å². The lowest BCUT2D eigenvalue weighted by Gasteiger charge is -2.36. The van der Waals surface area contributed by atoms with Crippen molar-refractivity contribution in [2.75, 3.05) is 30.9 Å². The molecule has 0 atom stereocenters. The van der Waals surface area contributed by atoms with Crippen LogP contribution < -0.4 is 20.9 Å². The molecule has 1 aliphatic heterocycles. The van der Waals surface area contributed by atoms with E-state index in [9.17, 15) is 14.4 Å². The molecule has 25 heavy (non-hydrogen) atoms. The maximum Gasteiger partial charge on any atom is 0.252 e. The van der Waals surface area contributed by atoms with E-state index in [-0.39, 0.29) is 17.7 Å². The van der Waals surface area contributed by atoms with Crippen LogP contribution in [0, 0.1) is 0 Å². The van der Waals surface area contributed by atoms with Crippen molar-refractivity contribution in [3.05, 3.63) is 23.8 Å². The highest BCUT2D eigenvalue weighted by atomic mass is 16.2. The lowest BCUT2D eigenvalue weighted by molar-refractivity contribution is -0.128. The molecule has 3 rings (SSSR count). The number of nitrogens with one attached hydrogen (secondary N) is 3. The van der Waals surface area contributed by atoms with Gasteiger partial charge >= 0.3 is 0 Å². The van der Waals surface area contributed by atoms with Crippen LogP contribution in [0.5, 0.6) is 0 Å². The van der Waals surface area contributed by atoms with Crippen LogP contribution in [0.15, 0.2) is 18.2 Å². The van der Waals surface area contributed by atoms with Crippen LogP contribution in [-0.4, -0.2) is 43.9 Å². The Labute approximate surface area is 147 Å². The van der Waals surface area contributed by atoms with Gasteiger partial charge in [-0.05, 0) is 31.0 Å². The summed E-state index contributed by atoms with van der Waals surface area (Å²) in [7, 11) is 3.43. The number of benzene rings is 1. The molecule has 3 amide bonds. The minimum absolute atomic E-state index is 0.110. The van der Waals surface area contributed by atoms with Crippen molar-refractivity contribution in [2.24, 2.45) is 0 Å². The molecule has 7 heteroatoms. The molecule has 134 valence electrons. The van der Waals surface area contributed by atoms with Crippen molar-refractivity contribution in [1.82, 2.24) is 10.6 Å². The van der Waals surface area contributed by atoms with E-state index < -0.39 is 5.54 Å². The number of hydrogen-bond acceptors (Lipinski definition) is 4. The summed E-state index contributed by atoms with van der Waals surface area (Å²) in [5, 5.41) is 8.42. The quantitative estimate of drug-likeness (QED) is 0.770. The van der Waals surface area contributed by atoms with Gasteiger partial charge in [-0.2, -0.15) is 0 Å². The standard InChI is InChI=1S/C18H24N4O3/c1-19-17(25)18(8-4-3-5-9-18)21-16(24)12-6-7-14-13(10-12)20-15(23)11-22(14)2/h6-7,10H,3-5,8-9,11H2,1-2H3,(H,19,25)(H,20,23)(H,21,24). The Morgan fingerprint density at radius 3 is 2.60 bits per heavy atom.